The van der Waals surface area contributed by atoms with Crippen LogP contribution >= 0.6 is 0 Å². The number of para-hydroxylation sites is 2. The van der Waals surface area contributed by atoms with Gasteiger partial charge in [-0.15, -0.1) is 15.0 Å². The maximum Gasteiger partial charge on any atom is 0.143 e. The SMILES string of the molecule is CCCCCCCCCCCCOc1cc2nn(-c3ccccc3O)nc2cc1C. The zero-order valence-corrected chi connectivity index (χ0v) is 18.4. The Morgan fingerprint density at radius 2 is 1.43 bits per heavy atom. The molecule has 0 unspecified atom stereocenters. The van der Waals surface area contributed by atoms with Crippen LogP contribution in [0.15, 0.2) is 36.4 Å². The Morgan fingerprint density at radius 3 is 2.10 bits per heavy atom. The lowest BCUT2D eigenvalue weighted by Crippen LogP contribution is -1.99. The number of aromatic hydroxyl groups is 1. The van der Waals surface area contributed by atoms with Crippen LogP contribution in [-0.2, 0) is 0 Å². The molecular weight excluding hydrogens is 374 g/mol. The summed E-state index contributed by atoms with van der Waals surface area (Å²) >= 11 is 0. The largest absolute Gasteiger partial charge is 0.506 e. The molecule has 0 radical (unpaired) electrons. The molecule has 1 aromatic heterocycles. The van der Waals surface area contributed by atoms with E-state index in [4.69, 9.17) is 4.74 Å². The summed E-state index contributed by atoms with van der Waals surface area (Å²) in [6.45, 7) is 5.03. The minimum Gasteiger partial charge on any atom is -0.506 e. The summed E-state index contributed by atoms with van der Waals surface area (Å²) < 4.78 is 6.03. The van der Waals surface area contributed by atoms with Crippen LogP contribution in [0.25, 0.3) is 16.7 Å². The van der Waals surface area contributed by atoms with Crippen molar-refractivity contribution in [3.05, 3.63) is 42.0 Å². The predicted octanol–water partition coefficient (Wildman–Crippen LogP) is 6.73. The van der Waals surface area contributed by atoms with E-state index in [0.29, 0.717) is 5.69 Å². The fourth-order valence-corrected chi connectivity index (χ4v) is 3.72. The summed E-state index contributed by atoms with van der Waals surface area (Å²) in [7, 11) is 0. The van der Waals surface area contributed by atoms with Crippen LogP contribution in [-0.4, -0.2) is 26.7 Å². The average molecular weight is 410 g/mol. The van der Waals surface area contributed by atoms with Crippen molar-refractivity contribution in [1.29, 1.82) is 0 Å². The molecule has 0 aliphatic heterocycles. The number of phenols is 1. The number of fused-ring (bicyclic) bond motifs is 1. The maximum atomic E-state index is 10.0. The third-order valence-corrected chi connectivity index (χ3v) is 5.53. The van der Waals surface area contributed by atoms with Crippen LogP contribution in [0, 0.1) is 6.92 Å². The molecule has 1 heterocycles. The second kappa shape index (κ2) is 11.6. The Morgan fingerprint density at radius 1 is 0.833 bits per heavy atom. The molecule has 0 saturated heterocycles. The van der Waals surface area contributed by atoms with Crippen molar-refractivity contribution in [2.75, 3.05) is 6.61 Å². The second-order valence-corrected chi connectivity index (χ2v) is 8.12. The molecule has 0 atom stereocenters. The van der Waals surface area contributed by atoms with E-state index in [9.17, 15) is 5.11 Å². The van der Waals surface area contributed by atoms with Gasteiger partial charge in [-0.25, -0.2) is 0 Å². The van der Waals surface area contributed by atoms with E-state index in [1.807, 2.05) is 25.1 Å². The molecule has 2 aromatic carbocycles. The van der Waals surface area contributed by atoms with Crippen molar-refractivity contribution in [3.8, 4) is 17.2 Å². The Hall–Kier alpha value is -2.56. The summed E-state index contributed by atoms with van der Waals surface area (Å²) in [5, 5.41) is 19.1. The molecule has 0 fully saturated rings. The summed E-state index contributed by atoms with van der Waals surface area (Å²) in [5.41, 5.74) is 3.18. The molecule has 0 amide bonds. The molecule has 0 spiro atoms. The van der Waals surface area contributed by atoms with Gasteiger partial charge < -0.3 is 9.84 Å². The van der Waals surface area contributed by atoms with E-state index in [0.717, 1.165) is 35.4 Å². The molecule has 0 bridgehead atoms. The fraction of sp³-hybridized carbons (Fsp3) is 0.520. The van der Waals surface area contributed by atoms with Crippen LogP contribution in [0.5, 0.6) is 11.5 Å². The molecule has 0 aliphatic carbocycles. The average Bonchev–Trinajstić information content (AvgIpc) is 3.14. The van der Waals surface area contributed by atoms with Gasteiger partial charge in [-0.1, -0.05) is 76.8 Å². The van der Waals surface area contributed by atoms with E-state index in [2.05, 4.69) is 17.1 Å². The van der Waals surface area contributed by atoms with Gasteiger partial charge >= 0.3 is 0 Å². The Kier molecular flexibility index (Phi) is 8.54. The minimum absolute atomic E-state index is 0.159. The normalized spacial score (nSPS) is 11.3. The van der Waals surface area contributed by atoms with Gasteiger partial charge in [-0.05, 0) is 37.1 Å². The lowest BCUT2D eigenvalue weighted by Gasteiger charge is -2.08. The highest BCUT2D eigenvalue weighted by Gasteiger charge is 2.11. The molecule has 30 heavy (non-hydrogen) atoms. The van der Waals surface area contributed by atoms with Crippen LogP contribution in [0.1, 0.15) is 76.7 Å². The number of aromatic nitrogens is 3. The first-order chi connectivity index (χ1) is 14.7. The van der Waals surface area contributed by atoms with Gasteiger partial charge in [0.2, 0.25) is 0 Å². The number of ether oxygens (including phenoxy) is 1. The first kappa shape index (κ1) is 22.1. The van der Waals surface area contributed by atoms with Crippen molar-refractivity contribution < 1.29 is 9.84 Å². The van der Waals surface area contributed by atoms with E-state index in [-0.39, 0.29) is 5.75 Å². The third kappa shape index (κ3) is 6.22. The summed E-state index contributed by atoms with van der Waals surface area (Å²) in [4.78, 5) is 1.48. The van der Waals surface area contributed by atoms with Gasteiger partial charge in [0.25, 0.3) is 0 Å². The Balaban J connectivity index is 1.44. The molecule has 0 saturated carbocycles. The van der Waals surface area contributed by atoms with Crippen molar-refractivity contribution >= 4 is 11.0 Å². The monoisotopic (exact) mass is 409 g/mol. The number of benzene rings is 2. The summed E-state index contributed by atoms with van der Waals surface area (Å²) in [6, 6.07) is 11.0. The van der Waals surface area contributed by atoms with Gasteiger partial charge in [0.1, 0.15) is 28.2 Å². The van der Waals surface area contributed by atoms with Crippen molar-refractivity contribution in [3.63, 3.8) is 0 Å². The first-order valence-corrected chi connectivity index (χ1v) is 11.5. The maximum absolute atomic E-state index is 10.0. The number of unbranched alkanes of at least 4 members (excludes halogenated alkanes) is 9. The van der Waals surface area contributed by atoms with E-state index in [1.165, 1.54) is 62.6 Å². The molecule has 0 aliphatic rings. The number of hydrogen-bond acceptors (Lipinski definition) is 4. The van der Waals surface area contributed by atoms with Crippen molar-refractivity contribution in [2.45, 2.75) is 78.1 Å². The smallest absolute Gasteiger partial charge is 0.143 e. The minimum atomic E-state index is 0.159. The molecule has 162 valence electrons. The number of rotatable bonds is 13. The summed E-state index contributed by atoms with van der Waals surface area (Å²) in [5.74, 6) is 1.02. The van der Waals surface area contributed by atoms with E-state index in [1.54, 1.807) is 18.2 Å². The van der Waals surface area contributed by atoms with Crippen LogP contribution in [0.2, 0.25) is 0 Å². The third-order valence-electron chi connectivity index (χ3n) is 5.53. The topological polar surface area (TPSA) is 60.2 Å². The first-order valence-electron chi connectivity index (χ1n) is 11.5. The number of nitrogens with zero attached hydrogens (tertiary/aromatic N) is 3. The van der Waals surface area contributed by atoms with E-state index >= 15 is 0 Å². The van der Waals surface area contributed by atoms with Gasteiger partial charge in [0.15, 0.2) is 0 Å². The predicted molar refractivity (Wildman–Crippen MR) is 123 cm³/mol. The zero-order chi connectivity index (χ0) is 21.2. The van der Waals surface area contributed by atoms with Gasteiger partial charge in [-0.2, -0.15) is 0 Å². The second-order valence-electron chi connectivity index (χ2n) is 8.12. The Labute approximate surface area is 180 Å². The van der Waals surface area contributed by atoms with Crippen molar-refractivity contribution in [2.24, 2.45) is 0 Å². The molecule has 3 rings (SSSR count). The van der Waals surface area contributed by atoms with Crippen LogP contribution in [0.3, 0.4) is 0 Å². The number of phenolic OH excluding ortho intramolecular Hbond substituents is 1. The number of hydrogen-bond donors (Lipinski definition) is 1. The fourth-order valence-electron chi connectivity index (χ4n) is 3.72. The molecule has 1 N–H and O–H groups in total. The standard InChI is InChI=1S/C25H35N3O2/c1-3-4-5-6-7-8-9-10-11-14-17-30-25-19-22-21(18-20(25)2)26-28(27-22)23-15-12-13-16-24(23)29/h12-13,15-16,18-19,29H,3-11,14,17H2,1-2H3. The van der Waals surface area contributed by atoms with Gasteiger partial charge in [0, 0.05) is 6.07 Å². The quantitative estimate of drug-likeness (QED) is 0.318. The highest BCUT2D eigenvalue weighted by atomic mass is 16.5. The van der Waals surface area contributed by atoms with Crippen LogP contribution < -0.4 is 4.74 Å². The molecule has 3 aromatic rings. The highest BCUT2D eigenvalue weighted by molar-refractivity contribution is 5.77. The van der Waals surface area contributed by atoms with Gasteiger partial charge in [-0.3, -0.25) is 0 Å². The number of aryl methyl sites for hydroxylation is 1. The lowest BCUT2D eigenvalue weighted by atomic mass is 10.1. The molecule has 5 nitrogen and oxygen atoms in total. The molecule has 5 heteroatoms. The van der Waals surface area contributed by atoms with Crippen LogP contribution in [0.4, 0.5) is 0 Å². The van der Waals surface area contributed by atoms with Gasteiger partial charge in [0.05, 0.1) is 6.61 Å². The molecular formula is C25H35N3O2. The lowest BCUT2D eigenvalue weighted by molar-refractivity contribution is 0.302. The zero-order valence-electron chi connectivity index (χ0n) is 18.4. The Bertz CT molecular complexity index is 920. The highest BCUT2D eigenvalue weighted by Crippen LogP contribution is 2.26. The summed E-state index contributed by atoms with van der Waals surface area (Å²) in [6.07, 6.45) is 13.2. The van der Waals surface area contributed by atoms with E-state index < -0.39 is 0 Å². The van der Waals surface area contributed by atoms with Crippen molar-refractivity contribution in [1.82, 2.24) is 15.0 Å².